The molecule has 0 spiro atoms. The number of carboxylic acids is 1. The summed E-state index contributed by atoms with van der Waals surface area (Å²) < 4.78 is 0. The summed E-state index contributed by atoms with van der Waals surface area (Å²) in [5.74, 6) is -0.432. The van der Waals surface area contributed by atoms with Crippen LogP contribution in [0.2, 0.25) is 0 Å². The largest absolute Gasteiger partial charge is 0.480 e. The number of carboxylic acid groups (broad SMARTS) is 1. The monoisotopic (exact) mass is 339 g/mol. The molecular formula is C17H29N3O4. The maximum atomic E-state index is 12.2. The number of hydrogen-bond donors (Lipinski definition) is 2. The smallest absolute Gasteiger partial charge is 0.317 e. The van der Waals surface area contributed by atoms with Crippen LogP contribution < -0.4 is 5.32 Å². The molecule has 2 saturated heterocycles. The molecule has 2 rings (SSSR count). The van der Waals surface area contributed by atoms with Crippen molar-refractivity contribution in [3.8, 4) is 0 Å². The number of rotatable bonds is 8. The van der Waals surface area contributed by atoms with Crippen LogP contribution in [0.5, 0.6) is 0 Å². The van der Waals surface area contributed by atoms with Crippen molar-refractivity contribution in [2.24, 2.45) is 5.92 Å². The predicted molar refractivity (Wildman–Crippen MR) is 89.5 cm³/mol. The zero-order chi connectivity index (χ0) is 17.5. The Kier molecular flexibility index (Phi) is 7.02. The Morgan fingerprint density at radius 2 is 2.08 bits per heavy atom. The number of hydrogen-bond acceptors (Lipinski definition) is 4. The molecule has 2 aliphatic rings. The molecule has 0 aromatic rings. The second-order valence-electron chi connectivity index (χ2n) is 6.90. The van der Waals surface area contributed by atoms with E-state index in [0.717, 1.165) is 38.8 Å². The summed E-state index contributed by atoms with van der Waals surface area (Å²) in [6.45, 7) is 4.66. The summed E-state index contributed by atoms with van der Waals surface area (Å²) in [5.41, 5.74) is 0. The van der Waals surface area contributed by atoms with Gasteiger partial charge in [0, 0.05) is 45.1 Å². The van der Waals surface area contributed by atoms with Crippen LogP contribution in [-0.2, 0) is 14.4 Å². The van der Waals surface area contributed by atoms with Crippen LogP contribution in [0.15, 0.2) is 0 Å². The number of carbonyl (C=O) groups excluding carboxylic acids is 2. The fourth-order valence-electron chi connectivity index (χ4n) is 3.72. The molecule has 7 nitrogen and oxygen atoms in total. The normalized spacial score (nSPS) is 25.0. The zero-order valence-electron chi connectivity index (χ0n) is 14.5. The van der Waals surface area contributed by atoms with Crippen molar-refractivity contribution in [1.82, 2.24) is 15.1 Å². The van der Waals surface area contributed by atoms with Crippen LogP contribution in [0.1, 0.15) is 45.4 Å². The Labute approximate surface area is 143 Å². The standard InChI is InChI=1S/C17H29N3O4/c1-2-5-13-10-19(12-17(23)24)11-14(13)18-15(21)7-9-20-8-4-3-6-16(20)22/h13-14H,2-12H2,1H3,(H,18,21)(H,23,24)/t13-,14-/m0/s1. The lowest BCUT2D eigenvalue weighted by Crippen LogP contribution is -2.43. The minimum Gasteiger partial charge on any atom is -0.480 e. The van der Waals surface area contributed by atoms with Crippen LogP contribution in [-0.4, -0.2) is 71.5 Å². The van der Waals surface area contributed by atoms with Gasteiger partial charge in [-0.05, 0) is 25.2 Å². The van der Waals surface area contributed by atoms with Crippen molar-refractivity contribution in [1.29, 1.82) is 0 Å². The Morgan fingerprint density at radius 1 is 1.29 bits per heavy atom. The van der Waals surface area contributed by atoms with Gasteiger partial charge in [-0.2, -0.15) is 0 Å². The third kappa shape index (κ3) is 5.47. The van der Waals surface area contributed by atoms with E-state index in [1.54, 1.807) is 4.90 Å². The third-order valence-corrected chi connectivity index (χ3v) is 4.91. The number of carbonyl (C=O) groups is 3. The van der Waals surface area contributed by atoms with E-state index in [1.165, 1.54) is 0 Å². The first kappa shape index (κ1) is 18.7. The maximum Gasteiger partial charge on any atom is 0.317 e. The molecule has 0 aromatic carbocycles. The molecular weight excluding hydrogens is 310 g/mol. The van der Waals surface area contributed by atoms with Gasteiger partial charge in [0.05, 0.1) is 6.54 Å². The van der Waals surface area contributed by atoms with E-state index < -0.39 is 5.97 Å². The van der Waals surface area contributed by atoms with E-state index in [9.17, 15) is 14.4 Å². The minimum absolute atomic E-state index is 0.00820. The number of nitrogens with zero attached hydrogens (tertiary/aromatic N) is 2. The zero-order valence-corrected chi connectivity index (χ0v) is 14.5. The molecule has 2 heterocycles. The van der Waals surface area contributed by atoms with E-state index in [2.05, 4.69) is 12.2 Å². The summed E-state index contributed by atoms with van der Waals surface area (Å²) >= 11 is 0. The second-order valence-corrected chi connectivity index (χ2v) is 6.90. The minimum atomic E-state index is -0.833. The molecule has 2 atom stereocenters. The van der Waals surface area contributed by atoms with Gasteiger partial charge in [0.15, 0.2) is 0 Å². The average molecular weight is 339 g/mol. The van der Waals surface area contributed by atoms with E-state index >= 15 is 0 Å². The number of amides is 2. The molecule has 2 N–H and O–H groups in total. The summed E-state index contributed by atoms with van der Waals surface area (Å²) in [5, 5.41) is 12.0. The molecule has 0 aliphatic carbocycles. The summed E-state index contributed by atoms with van der Waals surface area (Å²) in [7, 11) is 0. The lowest BCUT2D eigenvalue weighted by molar-refractivity contribution is -0.138. The van der Waals surface area contributed by atoms with Crippen molar-refractivity contribution in [2.45, 2.75) is 51.5 Å². The van der Waals surface area contributed by atoms with E-state index in [-0.39, 0.29) is 24.4 Å². The van der Waals surface area contributed by atoms with Gasteiger partial charge in [-0.15, -0.1) is 0 Å². The van der Waals surface area contributed by atoms with Gasteiger partial charge < -0.3 is 15.3 Å². The molecule has 24 heavy (non-hydrogen) atoms. The second kappa shape index (κ2) is 9.01. The molecule has 7 heteroatoms. The average Bonchev–Trinajstić information content (AvgIpc) is 2.87. The Hall–Kier alpha value is -1.63. The van der Waals surface area contributed by atoms with E-state index in [4.69, 9.17) is 5.11 Å². The van der Waals surface area contributed by atoms with Crippen LogP contribution in [0.4, 0.5) is 0 Å². The maximum absolute atomic E-state index is 12.2. The van der Waals surface area contributed by atoms with Crippen LogP contribution in [0.3, 0.4) is 0 Å². The predicted octanol–water partition coefficient (Wildman–Crippen LogP) is 0.690. The van der Waals surface area contributed by atoms with Gasteiger partial charge in [-0.1, -0.05) is 13.3 Å². The number of likely N-dealkylation sites (tertiary alicyclic amines) is 2. The lowest BCUT2D eigenvalue weighted by atomic mass is 9.98. The Bertz CT molecular complexity index is 469. The highest BCUT2D eigenvalue weighted by Gasteiger charge is 2.33. The van der Waals surface area contributed by atoms with Gasteiger partial charge >= 0.3 is 5.97 Å². The summed E-state index contributed by atoms with van der Waals surface area (Å²) in [6, 6.07) is 0.00820. The third-order valence-electron chi connectivity index (χ3n) is 4.91. The molecule has 0 unspecified atom stereocenters. The van der Waals surface area contributed by atoms with Gasteiger partial charge in [-0.25, -0.2) is 0 Å². The molecule has 0 aromatic heterocycles. The summed E-state index contributed by atoms with van der Waals surface area (Å²) in [6.07, 6.45) is 4.86. The summed E-state index contributed by atoms with van der Waals surface area (Å²) in [4.78, 5) is 38.6. The van der Waals surface area contributed by atoms with Crippen molar-refractivity contribution < 1.29 is 19.5 Å². The first-order valence-corrected chi connectivity index (χ1v) is 9.01. The number of piperidine rings is 1. The highest BCUT2D eigenvalue weighted by molar-refractivity contribution is 5.79. The van der Waals surface area contributed by atoms with Crippen LogP contribution in [0.25, 0.3) is 0 Å². The SMILES string of the molecule is CCC[C@H]1CN(CC(=O)O)C[C@@H]1NC(=O)CCN1CCCCC1=O. The highest BCUT2D eigenvalue weighted by atomic mass is 16.4. The van der Waals surface area contributed by atoms with Crippen molar-refractivity contribution >= 4 is 17.8 Å². The van der Waals surface area contributed by atoms with Gasteiger partial charge in [0.25, 0.3) is 0 Å². The molecule has 2 fully saturated rings. The lowest BCUT2D eigenvalue weighted by Gasteiger charge is -2.27. The molecule has 0 saturated carbocycles. The molecule has 0 bridgehead atoms. The highest BCUT2D eigenvalue weighted by Crippen LogP contribution is 2.21. The topological polar surface area (TPSA) is 90.0 Å². The molecule has 2 amide bonds. The molecule has 0 radical (unpaired) electrons. The first-order valence-electron chi connectivity index (χ1n) is 9.01. The first-order chi connectivity index (χ1) is 11.5. The fourth-order valence-corrected chi connectivity index (χ4v) is 3.72. The fraction of sp³-hybridized carbons (Fsp3) is 0.824. The van der Waals surface area contributed by atoms with Crippen LogP contribution in [0, 0.1) is 5.92 Å². The number of aliphatic carboxylic acids is 1. The molecule has 2 aliphatic heterocycles. The van der Waals surface area contributed by atoms with E-state index in [0.29, 0.717) is 31.8 Å². The van der Waals surface area contributed by atoms with E-state index in [1.807, 2.05) is 4.90 Å². The van der Waals surface area contributed by atoms with Crippen molar-refractivity contribution in [2.75, 3.05) is 32.7 Å². The van der Waals surface area contributed by atoms with Crippen molar-refractivity contribution in [3.05, 3.63) is 0 Å². The van der Waals surface area contributed by atoms with Crippen molar-refractivity contribution in [3.63, 3.8) is 0 Å². The van der Waals surface area contributed by atoms with Gasteiger partial charge in [0.2, 0.25) is 11.8 Å². The Balaban J connectivity index is 1.79. The van der Waals surface area contributed by atoms with Crippen LogP contribution >= 0.6 is 0 Å². The van der Waals surface area contributed by atoms with Gasteiger partial charge in [0.1, 0.15) is 0 Å². The quantitative estimate of drug-likeness (QED) is 0.679. The molecule has 136 valence electrons. The Morgan fingerprint density at radius 3 is 2.75 bits per heavy atom. The number of nitrogens with one attached hydrogen (secondary N) is 1. The van der Waals surface area contributed by atoms with Gasteiger partial charge in [-0.3, -0.25) is 19.3 Å².